The van der Waals surface area contributed by atoms with Gasteiger partial charge in [0.15, 0.2) is 9.84 Å². The zero-order valence-corrected chi connectivity index (χ0v) is 24.8. The molecule has 10 heteroatoms. The summed E-state index contributed by atoms with van der Waals surface area (Å²) in [6, 6.07) is 8.04. The molecule has 1 aliphatic heterocycles. The Balaban J connectivity index is 1.60. The largest absolute Gasteiger partial charge is 0.488 e. The number of nitrogens with zero attached hydrogens (tertiary/aromatic N) is 4. The van der Waals surface area contributed by atoms with Gasteiger partial charge in [-0.1, -0.05) is 6.92 Å². The van der Waals surface area contributed by atoms with Gasteiger partial charge < -0.3 is 9.64 Å². The predicted octanol–water partition coefficient (Wildman–Crippen LogP) is 3.73. The van der Waals surface area contributed by atoms with Gasteiger partial charge in [-0.25, -0.2) is 13.2 Å². The molecular formula is C28H44N4O5S. The van der Waals surface area contributed by atoms with Gasteiger partial charge in [0.25, 0.3) is 5.56 Å². The van der Waals surface area contributed by atoms with Crippen LogP contribution in [0.5, 0.6) is 5.75 Å². The number of sulfone groups is 1. The fraction of sp³-hybridized carbons (Fsp3) is 0.643. The molecule has 0 spiro atoms. The second kappa shape index (κ2) is 12.1. The van der Waals surface area contributed by atoms with Crippen molar-refractivity contribution in [3.8, 4) is 5.75 Å². The summed E-state index contributed by atoms with van der Waals surface area (Å²) in [5.41, 5.74) is -0.940. The van der Waals surface area contributed by atoms with Crippen LogP contribution in [0.15, 0.2) is 44.8 Å². The van der Waals surface area contributed by atoms with E-state index in [0.29, 0.717) is 22.9 Å². The molecule has 1 aliphatic rings. The van der Waals surface area contributed by atoms with E-state index in [-0.39, 0.29) is 29.1 Å². The lowest BCUT2D eigenvalue weighted by Gasteiger charge is -2.38. The van der Waals surface area contributed by atoms with Gasteiger partial charge in [0, 0.05) is 50.9 Å². The minimum absolute atomic E-state index is 0.0557. The Morgan fingerprint density at radius 1 is 0.921 bits per heavy atom. The molecule has 0 bridgehead atoms. The first kappa shape index (κ1) is 30.0. The van der Waals surface area contributed by atoms with E-state index in [1.54, 1.807) is 34.9 Å². The maximum Gasteiger partial charge on any atom is 0.333 e. The lowest BCUT2D eigenvalue weighted by atomic mass is 10.0. The van der Waals surface area contributed by atoms with Crippen molar-refractivity contribution >= 4 is 15.7 Å². The predicted molar refractivity (Wildman–Crippen MR) is 152 cm³/mol. The molecule has 0 radical (unpaired) electrons. The summed E-state index contributed by atoms with van der Waals surface area (Å²) in [5, 5.41) is 0. The number of hydrogen-bond acceptors (Lipinski definition) is 7. The molecule has 0 saturated carbocycles. The first-order valence-electron chi connectivity index (χ1n) is 13.6. The number of aromatic nitrogens is 2. The molecule has 0 unspecified atom stereocenters. The Morgan fingerprint density at radius 2 is 1.50 bits per heavy atom. The summed E-state index contributed by atoms with van der Waals surface area (Å²) in [5.74, 6) is 1.49. The highest BCUT2D eigenvalue weighted by atomic mass is 32.2. The summed E-state index contributed by atoms with van der Waals surface area (Å²) in [6.07, 6.45) is 1.38. The highest BCUT2D eigenvalue weighted by Gasteiger charge is 2.26. The quantitative estimate of drug-likeness (QED) is 0.422. The summed E-state index contributed by atoms with van der Waals surface area (Å²) in [6.45, 7) is 17.5. The Morgan fingerprint density at radius 3 is 2.03 bits per heavy atom. The van der Waals surface area contributed by atoms with Crippen molar-refractivity contribution in [3.63, 3.8) is 0 Å². The molecule has 1 fully saturated rings. The summed E-state index contributed by atoms with van der Waals surface area (Å²) >= 11 is 0. The second-order valence-corrected chi connectivity index (χ2v) is 13.4. The van der Waals surface area contributed by atoms with Crippen molar-refractivity contribution in [2.75, 3.05) is 43.4 Å². The van der Waals surface area contributed by atoms with Crippen LogP contribution in [0, 0.1) is 0 Å². The summed E-state index contributed by atoms with van der Waals surface area (Å²) < 4.78 is 33.8. The lowest BCUT2D eigenvalue weighted by Crippen LogP contribution is -2.51. The second-order valence-electron chi connectivity index (χ2n) is 11.3. The molecule has 0 atom stereocenters. The highest BCUT2D eigenvalue weighted by Crippen LogP contribution is 2.24. The third-order valence-electron chi connectivity index (χ3n) is 6.96. The van der Waals surface area contributed by atoms with Crippen LogP contribution in [-0.4, -0.2) is 66.5 Å². The maximum absolute atomic E-state index is 13.1. The van der Waals surface area contributed by atoms with Crippen LogP contribution in [0.2, 0.25) is 0 Å². The van der Waals surface area contributed by atoms with E-state index in [9.17, 15) is 18.0 Å². The van der Waals surface area contributed by atoms with Gasteiger partial charge in [-0.15, -0.1) is 0 Å². The molecule has 212 valence electrons. The fourth-order valence-electron chi connectivity index (χ4n) is 4.86. The molecule has 2 heterocycles. The van der Waals surface area contributed by atoms with E-state index >= 15 is 0 Å². The van der Waals surface area contributed by atoms with E-state index < -0.39 is 15.4 Å². The van der Waals surface area contributed by atoms with Crippen LogP contribution in [0.3, 0.4) is 0 Å². The van der Waals surface area contributed by atoms with Crippen molar-refractivity contribution in [3.05, 3.63) is 51.2 Å². The Labute approximate surface area is 226 Å². The van der Waals surface area contributed by atoms with Crippen LogP contribution in [0.1, 0.15) is 73.4 Å². The van der Waals surface area contributed by atoms with Gasteiger partial charge >= 0.3 is 5.69 Å². The Bertz CT molecular complexity index is 1300. The van der Waals surface area contributed by atoms with Gasteiger partial charge in [-0.3, -0.25) is 18.8 Å². The highest BCUT2D eigenvalue weighted by molar-refractivity contribution is 7.91. The zero-order valence-electron chi connectivity index (χ0n) is 23.9. The normalized spacial score (nSPS) is 15.4. The molecule has 9 nitrogen and oxygen atoms in total. The molecule has 38 heavy (non-hydrogen) atoms. The average molecular weight is 549 g/mol. The van der Waals surface area contributed by atoms with E-state index in [1.165, 1.54) is 4.57 Å². The number of piperazine rings is 1. The van der Waals surface area contributed by atoms with Crippen LogP contribution >= 0.6 is 0 Å². The third kappa shape index (κ3) is 7.08. The van der Waals surface area contributed by atoms with Gasteiger partial charge in [-0.05, 0) is 78.6 Å². The standard InChI is InChI=1S/C28H44N4O5S/c1-8-19-38(35,36)24-11-9-23(10-12-24)37-28(6,7)13-14-29-15-17-30(18-16-29)25-20-26(33)32(22(4)5)27(34)31(25)21(2)3/h9-12,20-22H,8,13-19H2,1-7H3. The van der Waals surface area contributed by atoms with E-state index in [4.69, 9.17) is 4.74 Å². The number of ether oxygens (including phenoxy) is 1. The van der Waals surface area contributed by atoms with Crippen LogP contribution in [0.25, 0.3) is 0 Å². The minimum Gasteiger partial charge on any atom is -0.488 e. The fourth-order valence-corrected chi connectivity index (χ4v) is 6.19. The SMILES string of the molecule is CCCS(=O)(=O)c1ccc(OC(C)(C)CCN2CCN(c3cc(=O)n(C(C)C)c(=O)n3C(C)C)CC2)cc1. The first-order chi connectivity index (χ1) is 17.8. The van der Waals surface area contributed by atoms with Crippen molar-refractivity contribution in [2.24, 2.45) is 0 Å². The van der Waals surface area contributed by atoms with Crippen LogP contribution < -0.4 is 20.9 Å². The number of rotatable bonds is 11. The third-order valence-corrected chi connectivity index (χ3v) is 8.89. The van der Waals surface area contributed by atoms with Crippen molar-refractivity contribution in [2.45, 2.75) is 83.9 Å². The first-order valence-corrected chi connectivity index (χ1v) is 15.3. The molecule has 1 aromatic heterocycles. The summed E-state index contributed by atoms with van der Waals surface area (Å²) in [4.78, 5) is 30.7. The average Bonchev–Trinajstić information content (AvgIpc) is 2.82. The Kier molecular flexibility index (Phi) is 9.52. The van der Waals surface area contributed by atoms with Crippen LogP contribution in [0.4, 0.5) is 5.82 Å². The maximum atomic E-state index is 13.1. The Hall–Kier alpha value is -2.59. The topological polar surface area (TPSA) is 93.9 Å². The smallest absolute Gasteiger partial charge is 0.333 e. The molecule has 2 aromatic rings. The molecule has 0 aliphatic carbocycles. The van der Waals surface area contributed by atoms with E-state index in [0.717, 1.165) is 39.1 Å². The van der Waals surface area contributed by atoms with Crippen molar-refractivity contribution in [1.82, 2.24) is 14.0 Å². The molecular weight excluding hydrogens is 504 g/mol. The number of anilines is 1. The van der Waals surface area contributed by atoms with Gasteiger partial charge in [0.1, 0.15) is 17.2 Å². The molecule has 0 amide bonds. The van der Waals surface area contributed by atoms with Crippen LogP contribution in [-0.2, 0) is 9.84 Å². The molecule has 3 rings (SSSR count). The number of benzene rings is 1. The monoisotopic (exact) mass is 548 g/mol. The van der Waals surface area contributed by atoms with Gasteiger partial charge in [0.2, 0.25) is 0 Å². The zero-order chi connectivity index (χ0) is 28.3. The lowest BCUT2D eigenvalue weighted by molar-refractivity contribution is 0.0820. The number of hydrogen-bond donors (Lipinski definition) is 0. The molecule has 1 saturated heterocycles. The summed E-state index contributed by atoms with van der Waals surface area (Å²) in [7, 11) is -3.24. The van der Waals surface area contributed by atoms with Gasteiger partial charge in [-0.2, -0.15) is 0 Å². The van der Waals surface area contributed by atoms with E-state index in [1.807, 2.05) is 48.5 Å². The van der Waals surface area contributed by atoms with Gasteiger partial charge in [0.05, 0.1) is 10.6 Å². The molecule has 0 N–H and O–H groups in total. The minimum atomic E-state index is -3.24. The van der Waals surface area contributed by atoms with Crippen molar-refractivity contribution < 1.29 is 13.2 Å². The van der Waals surface area contributed by atoms with E-state index in [2.05, 4.69) is 9.80 Å². The molecule has 1 aromatic carbocycles. The van der Waals surface area contributed by atoms with Crippen molar-refractivity contribution in [1.29, 1.82) is 0 Å².